The van der Waals surface area contributed by atoms with Crippen LogP contribution in [0.1, 0.15) is 0 Å². The molecule has 2 aromatic heterocycles. The molecular weight excluding hydrogens is 717 g/mol. The minimum Gasteiger partial charge on any atom is -0.456 e. The van der Waals surface area contributed by atoms with Crippen molar-refractivity contribution in [2.24, 2.45) is 0 Å². The van der Waals surface area contributed by atoms with Crippen molar-refractivity contribution in [3.8, 4) is 27.9 Å². The topological polar surface area (TPSA) is 21.3 Å². The van der Waals surface area contributed by atoms with Crippen LogP contribution in [0.4, 0.5) is 17.1 Å². The number of aromatic nitrogens is 1. The van der Waals surface area contributed by atoms with Crippen molar-refractivity contribution < 1.29 is 4.42 Å². The second-order valence-corrected chi connectivity index (χ2v) is 15.3. The highest BCUT2D eigenvalue weighted by Crippen LogP contribution is 2.48. The molecule has 3 heteroatoms. The summed E-state index contributed by atoms with van der Waals surface area (Å²) in [6.07, 6.45) is 0. The van der Waals surface area contributed by atoms with Crippen LogP contribution in [0.3, 0.4) is 0 Å². The van der Waals surface area contributed by atoms with Gasteiger partial charge in [0.1, 0.15) is 11.2 Å². The Morgan fingerprint density at radius 3 is 1.64 bits per heavy atom. The number of furan rings is 1. The second kappa shape index (κ2) is 13.4. The minimum absolute atomic E-state index is 0.879. The number of benzene rings is 10. The van der Waals surface area contributed by atoms with Crippen molar-refractivity contribution in [2.75, 3.05) is 4.90 Å². The molecule has 0 fully saturated rings. The third-order valence-electron chi connectivity index (χ3n) is 11.9. The second-order valence-electron chi connectivity index (χ2n) is 15.3. The van der Waals surface area contributed by atoms with Crippen molar-refractivity contribution in [3.63, 3.8) is 0 Å². The first kappa shape index (κ1) is 33.3. The van der Waals surface area contributed by atoms with E-state index in [1.807, 2.05) is 0 Å². The molecule has 0 saturated carbocycles. The van der Waals surface area contributed by atoms with Crippen LogP contribution in [0.25, 0.3) is 93.2 Å². The molecule has 0 N–H and O–H groups in total. The Morgan fingerprint density at radius 2 is 0.915 bits per heavy atom. The first-order chi connectivity index (χ1) is 29.3. The lowest BCUT2D eigenvalue weighted by atomic mass is 9.94. The van der Waals surface area contributed by atoms with Crippen molar-refractivity contribution in [1.82, 2.24) is 4.57 Å². The van der Waals surface area contributed by atoms with Gasteiger partial charge in [-0.2, -0.15) is 0 Å². The molecule has 0 unspecified atom stereocenters. The van der Waals surface area contributed by atoms with Gasteiger partial charge in [-0.1, -0.05) is 158 Å². The van der Waals surface area contributed by atoms with Gasteiger partial charge in [0, 0.05) is 55.6 Å². The minimum atomic E-state index is 0.879. The van der Waals surface area contributed by atoms with E-state index in [1.165, 1.54) is 37.9 Å². The Bertz CT molecular complexity index is 3490. The van der Waals surface area contributed by atoms with Crippen molar-refractivity contribution in [1.29, 1.82) is 0 Å². The van der Waals surface area contributed by atoms with Gasteiger partial charge >= 0.3 is 0 Å². The molecule has 0 bridgehead atoms. The Hall–Kier alpha value is -7.88. The van der Waals surface area contributed by atoms with E-state index < -0.39 is 0 Å². The Labute approximate surface area is 341 Å². The van der Waals surface area contributed by atoms with Crippen LogP contribution in [0.5, 0.6) is 0 Å². The number of hydrogen-bond donors (Lipinski definition) is 0. The maximum atomic E-state index is 6.74. The average molecular weight is 753 g/mol. The smallest absolute Gasteiger partial charge is 0.138 e. The summed E-state index contributed by atoms with van der Waals surface area (Å²) in [6, 6.07) is 78.6. The van der Waals surface area contributed by atoms with Gasteiger partial charge in [0.25, 0.3) is 0 Å². The summed E-state index contributed by atoms with van der Waals surface area (Å²) in [6.45, 7) is 0. The molecule has 0 amide bonds. The maximum Gasteiger partial charge on any atom is 0.138 e. The summed E-state index contributed by atoms with van der Waals surface area (Å²) in [5.41, 5.74) is 13.2. The lowest BCUT2D eigenvalue weighted by molar-refractivity contribution is 0.669. The molecule has 276 valence electrons. The number of nitrogens with zero attached hydrogens (tertiary/aromatic N) is 2. The van der Waals surface area contributed by atoms with Gasteiger partial charge in [0.2, 0.25) is 0 Å². The number of rotatable bonds is 6. The summed E-state index contributed by atoms with van der Waals surface area (Å²) in [7, 11) is 0. The Morgan fingerprint density at radius 1 is 0.339 bits per heavy atom. The highest BCUT2D eigenvalue weighted by molar-refractivity contribution is 6.27. The average Bonchev–Trinajstić information content (AvgIpc) is 3.84. The van der Waals surface area contributed by atoms with Crippen LogP contribution in [0.2, 0.25) is 0 Å². The van der Waals surface area contributed by atoms with E-state index in [4.69, 9.17) is 4.42 Å². The lowest BCUT2D eigenvalue weighted by Crippen LogP contribution is -2.09. The molecule has 0 saturated heterocycles. The molecule has 3 nitrogen and oxygen atoms in total. The lowest BCUT2D eigenvalue weighted by Gasteiger charge is -2.25. The molecule has 0 aliphatic carbocycles. The van der Waals surface area contributed by atoms with Gasteiger partial charge in [0.05, 0.1) is 16.7 Å². The molecule has 12 rings (SSSR count). The Kier molecular flexibility index (Phi) is 7.54. The fourth-order valence-electron chi connectivity index (χ4n) is 9.34. The van der Waals surface area contributed by atoms with E-state index in [-0.39, 0.29) is 0 Å². The third-order valence-corrected chi connectivity index (χ3v) is 11.9. The summed E-state index contributed by atoms with van der Waals surface area (Å²) in [5, 5.41) is 9.56. The molecule has 2 heterocycles. The van der Waals surface area contributed by atoms with Crippen LogP contribution in [-0.2, 0) is 0 Å². The Balaban J connectivity index is 1.15. The monoisotopic (exact) mass is 752 g/mol. The number of anilines is 3. The summed E-state index contributed by atoms with van der Waals surface area (Å²) in [4.78, 5) is 2.31. The number of para-hydroxylation sites is 3. The van der Waals surface area contributed by atoms with Crippen molar-refractivity contribution >= 4 is 82.4 Å². The van der Waals surface area contributed by atoms with E-state index in [0.29, 0.717) is 0 Å². The van der Waals surface area contributed by atoms with Crippen molar-refractivity contribution in [3.05, 3.63) is 218 Å². The predicted octanol–water partition coefficient (Wildman–Crippen LogP) is 15.8. The van der Waals surface area contributed by atoms with Crippen LogP contribution in [-0.4, -0.2) is 4.57 Å². The fourth-order valence-corrected chi connectivity index (χ4v) is 9.34. The first-order valence-corrected chi connectivity index (χ1v) is 20.2. The maximum absolute atomic E-state index is 6.74. The third kappa shape index (κ3) is 5.29. The molecule has 10 aromatic carbocycles. The van der Waals surface area contributed by atoms with E-state index in [0.717, 1.165) is 72.4 Å². The summed E-state index contributed by atoms with van der Waals surface area (Å²) >= 11 is 0. The van der Waals surface area contributed by atoms with Gasteiger partial charge in [-0.05, 0) is 87.4 Å². The molecule has 0 aliphatic heterocycles. The van der Waals surface area contributed by atoms with Crippen LogP contribution in [0.15, 0.2) is 223 Å². The molecule has 59 heavy (non-hydrogen) atoms. The molecular formula is C56H36N2O. The van der Waals surface area contributed by atoms with Gasteiger partial charge in [0.15, 0.2) is 0 Å². The zero-order valence-electron chi connectivity index (χ0n) is 32.1. The predicted molar refractivity (Wildman–Crippen MR) is 249 cm³/mol. The zero-order chi connectivity index (χ0) is 38.9. The summed E-state index contributed by atoms with van der Waals surface area (Å²) < 4.78 is 9.23. The highest BCUT2D eigenvalue weighted by Gasteiger charge is 2.24. The summed E-state index contributed by atoms with van der Waals surface area (Å²) in [5.74, 6) is 0. The molecule has 0 aliphatic rings. The van der Waals surface area contributed by atoms with E-state index in [2.05, 4.69) is 228 Å². The normalized spacial score (nSPS) is 11.7. The van der Waals surface area contributed by atoms with Crippen LogP contribution < -0.4 is 4.90 Å². The SMILES string of the molecule is c1ccc(-c2c3c(cc4c2c2ccc(-c5ccc(N(c6ccccc6)c6ccccc6)cc5)cc2n4-c2cc4ccccc4c4ccccc24)oc2ccccc23)cc1. The molecule has 0 atom stereocenters. The van der Waals surface area contributed by atoms with E-state index >= 15 is 0 Å². The standard InChI is InChI=1S/C56H36N2O/c1-4-16-38(17-5-1)54-55-47-33-30-39(37-28-31-43(32-29-37)57(41-19-6-2-7-20-41)42-21-8-3-9-22-42)34-50(47)58(51(55)36-53-56(54)48-26-14-15-27-52(48)59-53)49-35-40-18-10-11-23-44(40)45-24-12-13-25-46(45)49/h1-36H. The van der Waals surface area contributed by atoms with Gasteiger partial charge in [-0.25, -0.2) is 0 Å². The highest BCUT2D eigenvalue weighted by atomic mass is 16.3. The van der Waals surface area contributed by atoms with Crippen LogP contribution in [0, 0.1) is 0 Å². The van der Waals surface area contributed by atoms with E-state index in [9.17, 15) is 0 Å². The van der Waals surface area contributed by atoms with Crippen LogP contribution >= 0.6 is 0 Å². The molecule has 0 spiro atoms. The molecule has 0 radical (unpaired) electrons. The first-order valence-electron chi connectivity index (χ1n) is 20.2. The largest absolute Gasteiger partial charge is 0.456 e. The number of hydrogen-bond acceptors (Lipinski definition) is 2. The van der Waals surface area contributed by atoms with Crippen molar-refractivity contribution in [2.45, 2.75) is 0 Å². The fraction of sp³-hybridized carbons (Fsp3) is 0. The van der Waals surface area contributed by atoms with Gasteiger partial charge in [-0.3, -0.25) is 0 Å². The van der Waals surface area contributed by atoms with E-state index in [1.54, 1.807) is 0 Å². The molecule has 12 aromatic rings. The number of fused-ring (bicyclic) bond motifs is 9. The zero-order valence-corrected chi connectivity index (χ0v) is 32.1. The van der Waals surface area contributed by atoms with Gasteiger partial charge < -0.3 is 13.9 Å². The quantitative estimate of drug-likeness (QED) is 0.158. The van der Waals surface area contributed by atoms with Gasteiger partial charge in [-0.15, -0.1) is 0 Å².